The third-order valence-electron chi connectivity index (χ3n) is 6.43. The number of carbonyl (C=O) groups is 2. The quantitative estimate of drug-likeness (QED) is 0.556. The second kappa shape index (κ2) is 11.3. The van der Waals surface area contributed by atoms with E-state index in [2.05, 4.69) is 9.72 Å². The van der Waals surface area contributed by atoms with Crippen LogP contribution < -0.4 is 0 Å². The highest BCUT2D eigenvalue weighted by Gasteiger charge is 2.34. The molecular formula is C22H32ClFN2O6. The van der Waals surface area contributed by atoms with Gasteiger partial charge in [-0.15, -0.1) is 11.6 Å². The van der Waals surface area contributed by atoms with E-state index >= 15 is 0 Å². The maximum atomic E-state index is 14.5. The van der Waals surface area contributed by atoms with Gasteiger partial charge < -0.3 is 19.0 Å². The lowest BCUT2D eigenvalue weighted by Gasteiger charge is -2.34. The average Bonchev–Trinajstić information content (AvgIpc) is 3.13. The molecule has 3 atom stereocenters. The Morgan fingerprint density at radius 2 is 1.97 bits per heavy atom. The number of halogens is 2. The summed E-state index contributed by atoms with van der Waals surface area (Å²) in [5, 5.41) is 9.26. The third-order valence-corrected chi connectivity index (χ3v) is 6.86. The topological polar surface area (TPSA) is 102 Å². The zero-order chi connectivity index (χ0) is 23.3. The Kier molecular flexibility index (Phi) is 8.76. The van der Waals surface area contributed by atoms with E-state index in [9.17, 15) is 14.0 Å². The molecule has 0 spiro atoms. The number of nitrogens with zero attached hydrogens (tertiary/aromatic N) is 2. The van der Waals surface area contributed by atoms with Crippen LogP contribution in [0.4, 0.5) is 9.18 Å². The lowest BCUT2D eigenvalue weighted by atomic mass is 9.85. The van der Waals surface area contributed by atoms with Crippen LogP contribution in [0.2, 0.25) is 0 Å². The second-order valence-electron chi connectivity index (χ2n) is 8.77. The number of aromatic nitrogens is 1. The lowest BCUT2D eigenvalue weighted by molar-refractivity contribution is -0.138. The van der Waals surface area contributed by atoms with Crippen molar-refractivity contribution in [3.8, 4) is 0 Å². The van der Waals surface area contributed by atoms with Crippen LogP contribution in [0.15, 0.2) is 4.42 Å². The van der Waals surface area contributed by atoms with Crippen LogP contribution in [0.1, 0.15) is 68.2 Å². The summed E-state index contributed by atoms with van der Waals surface area (Å²) in [7, 11) is 1.17. The summed E-state index contributed by atoms with van der Waals surface area (Å²) in [5.74, 6) is 0.0416. The van der Waals surface area contributed by atoms with Crippen molar-refractivity contribution in [1.29, 1.82) is 0 Å². The normalized spacial score (nSPS) is 28.3. The molecule has 3 rings (SSSR count). The summed E-state index contributed by atoms with van der Waals surface area (Å²) < 4.78 is 31.1. The van der Waals surface area contributed by atoms with Gasteiger partial charge in [-0.1, -0.05) is 0 Å². The van der Waals surface area contributed by atoms with Crippen molar-refractivity contribution in [2.75, 3.05) is 20.2 Å². The Morgan fingerprint density at radius 3 is 2.62 bits per heavy atom. The number of carbonyl (C=O) groups excluding carboxylic acids is 1. The number of hydrogen-bond acceptors (Lipinski definition) is 6. The van der Waals surface area contributed by atoms with Crippen LogP contribution in [0.3, 0.4) is 0 Å². The summed E-state index contributed by atoms with van der Waals surface area (Å²) in [6.45, 7) is 1.57. The van der Waals surface area contributed by atoms with Crippen LogP contribution in [0.25, 0.3) is 0 Å². The van der Waals surface area contributed by atoms with Crippen molar-refractivity contribution in [2.24, 2.45) is 5.92 Å². The first-order chi connectivity index (χ1) is 15.3. The molecule has 0 aromatic carbocycles. The van der Waals surface area contributed by atoms with Crippen LogP contribution in [-0.2, 0) is 20.9 Å². The Balaban J connectivity index is 1.55. The molecule has 0 bridgehead atoms. The number of oxazole rings is 1. The average molecular weight is 475 g/mol. The van der Waals surface area contributed by atoms with E-state index in [-0.39, 0.29) is 30.6 Å². The van der Waals surface area contributed by atoms with Gasteiger partial charge in [0.25, 0.3) is 0 Å². The highest BCUT2D eigenvalue weighted by atomic mass is 35.5. The van der Waals surface area contributed by atoms with E-state index in [1.165, 1.54) is 7.11 Å². The number of aliphatic carboxylic acids is 1. The summed E-state index contributed by atoms with van der Waals surface area (Å²) in [6.07, 6.45) is 2.95. The summed E-state index contributed by atoms with van der Waals surface area (Å²) in [6, 6.07) is 0. The predicted molar refractivity (Wildman–Crippen MR) is 115 cm³/mol. The number of carboxylic acids is 1. The molecule has 1 heterocycles. The van der Waals surface area contributed by atoms with Crippen molar-refractivity contribution in [3.05, 3.63) is 17.3 Å². The molecule has 2 aliphatic rings. The third kappa shape index (κ3) is 6.57. The van der Waals surface area contributed by atoms with Crippen molar-refractivity contribution in [3.63, 3.8) is 0 Å². The molecule has 8 nitrogen and oxygen atoms in total. The van der Waals surface area contributed by atoms with Gasteiger partial charge >= 0.3 is 12.1 Å². The molecule has 180 valence electrons. The molecule has 0 saturated heterocycles. The number of alkyl halides is 2. The summed E-state index contributed by atoms with van der Waals surface area (Å²) in [4.78, 5) is 28.6. The zero-order valence-electron chi connectivity index (χ0n) is 18.6. The molecule has 10 heteroatoms. The maximum Gasteiger partial charge on any atom is 0.410 e. The highest BCUT2D eigenvalue weighted by molar-refractivity contribution is 6.20. The first kappa shape index (κ1) is 24.8. The highest BCUT2D eigenvalue weighted by Crippen LogP contribution is 2.36. The Morgan fingerprint density at radius 1 is 1.25 bits per heavy atom. The van der Waals surface area contributed by atoms with E-state index in [1.807, 2.05) is 6.92 Å². The van der Waals surface area contributed by atoms with Crippen LogP contribution >= 0.6 is 11.6 Å². The number of amides is 1. The minimum atomic E-state index is -1.17. The smallest absolute Gasteiger partial charge is 0.410 e. The van der Waals surface area contributed by atoms with E-state index in [0.29, 0.717) is 19.3 Å². The minimum Gasteiger partial charge on any atom is -0.480 e. The number of carboxylic acid groups (broad SMARTS) is 1. The van der Waals surface area contributed by atoms with Gasteiger partial charge in [0.2, 0.25) is 0 Å². The molecule has 32 heavy (non-hydrogen) atoms. The molecular weight excluding hydrogens is 443 g/mol. The first-order valence-electron chi connectivity index (χ1n) is 11.2. The Hall–Kier alpha value is -1.87. The number of hydrogen-bond donors (Lipinski definition) is 1. The molecule has 1 N–H and O–H groups in total. The molecule has 2 fully saturated rings. The van der Waals surface area contributed by atoms with Gasteiger partial charge in [0.05, 0.1) is 19.8 Å². The molecule has 2 saturated carbocycles. The summed E-state index contributed by atoms with van der Waals surface area (Å²) in [5.41, 5.74) is 0.744. The van der Waals surface area contributed by atoms with Crippen molar-refractivity contribution >= 4 is 23.7 Å². The Bertz CT molecular complexity index is 782. The van der Waals surface area contributed by atoms with E-state index in [0.717, 1.165) is 47.9 Å². The monoisotopic (exact) mass is 474 g/mol. The molecule has 0 radical (unpaired) electrons. The second-order valence-corrected chi connectivity index (χ2v) is 9.39. The van der Waals surface area contributed by atoms with Crippen molar-refractivity contribution in [1.82, 2.24) is 9.88 Å². The maximum absolute atomic E-state index is 14.5. The molecule has 1 aromatic heterocycles. The van der Waals surface area contributed by atoms with Gasteiger partial charge in [0.15, 0.2) is 5.89 Å². The molecule has 2 aliphatic carbocycles. The largest absolute Gasteiger partial charge is 0.480 e. The fourth-order valence-corrected chi connectivity index (χ4v) is 4.81. The SMILES string of the molecule is COC(=O)N(CC(=O)O)CC1CC(OCc2nc(C3CCC(Cl)CC3)oc2C)CCC1F. The van der Waals surface area contributed by atoms with E-state index < -0.39 is 30.7 Å². The number of aryl methyl sites for hydroxylation is 1. The predicted octanol–water partition coefficient (Wildman–Crippen LogP) is 4.42. The van der Waals surface area contributed by atoms with E-state index in [1.54, 1.807) is 0 Å². The van der Waals surface area contributed by atoms with Gasteiger partial charge in [0, 0.05) is 23.8 Å². The number of rotatable bonds is 8. The number of ether oxygens (including phenoxy) is 2. The van der Waals surface area contributed by atoms with Crippen LogP contribution in [0.5, 0.6) is 0 Å². The number of methoxy groups -OCH3 is 1. The van der Waals surface area contributed by atoms with Crippen molar-refractivity contribution < 1.29 is 33.0 Å². The lowest BCUT2D eigenvalue weighted by Crippen LogP contribution is -2.44. The van der Waals surface area contributed by atoms with Crippen LogP contribution in [-0.4, -0.2) is 64.9 Å². The van der Waals surface area contributed by atoms with E-state index in [4.69, 9.17) is 25.9 Å². The van der Waals surface area contributed by atoms with Gasteiger partial charge in [-0.3, -0.25) is 9.69 Å². The van der Waals surface area contributed by atoms with Gasteiger partial charge in [-0.25, -0.2) is 14.2 Å². The minimum absolute atomic E-state index is 0.0314. The first-order valence-corrected chi connectivity index (χ1v) is 11.6. The fourth-order valence-electron chi connectivity index (χ4n) is 4.56. The Labute approximate surface area is 192 Å². The molecule has 0 aliphatic heterocycles. The van der Waals surface area contributed by atoms with Crippen molar-refractivity contribution in [2.45, 2.75) is 82.0 Å². The van der Waals surface area contributed by atoms with Crippen LogP contribution in [0, 0.1) is 12.8 Å². The molecule has 1 aromatic rings. The van der Waals surface area contributed by atoms with Gasteiger partial charge in [0.1, 0.15) is 24.2 Å². The standard InChI is InChI=1S/C22H32ClFN2O6/c1-13-19(25-21(32-13)14-3-5-16(23)6-4-14)12-31-17-7-8-18(24)15(9-17)10-26(11-20(27)28)22(29)30-2/h14-18H,3-12H2,1-2H3,(H,27,28). The fraction of sp³-hybridized carbons (Fsp3) is 0.773. The molecule has 3 unspecified atom stereocenters. The van der Waals surface area contributed by atoms with Gasteiger partial charge in [-0.2, -0.15) is 0 Å². The molecule has 1 amide bonds. The zero-order valence-corrected chi connectivity index (χ0v) is 19.4. The van der Waals surface area contributed by atoms with Gasteiger partial charge in [-0.05, 0) is 51.9 Å². The summed E-state index contributed by atoms with van der Waals surface area (Å²) >= 11 is 6.19.